The molecule has 2 amide bonds. The summed E-state index contributed by atoms with van der Waals surface area (Å²) in [5.74, 6) is 0.138. The number of carbonyl (C=O) groups is 2. The van der Waals surface area contributed by atoms with Gasteiger partial charge in [0.1, 0.15) is 0 Å². The van der Waals surface area contributed by atoms with Crippen molar-refractivity contribution in [3.8, 4) is 0 Å². The molecule has 1 aromatic heterocycles. The molecule has 0 saturated carbocycles. The van der Waals surface area contributed by atoms with Gasteiger partial charge in [-0.1, -0.05) is 36.4 Å². The molecule has 2 saturated heterocycles. The Hall–Kier alpha value is -2.15. The monoisotopic (exact) mass is 450 g/mol. The number of pyridine rings is 1. The smallest absolute Gasteiger partial charge is 0.228 e. The highest BCUT2D eigenvalue weighted by atomic mass is 35.5. The molecule has 2 N–H and O–H groups in total. The molecule has 0 bridgehead atoms. The largest absolute Gasteiger partial charge is 0.341 e. The lowest BCUT2D eigenvalue weighted by Crippen LogP contribution is -2.37. The minimum Gasteiger partial charge on any atom is -0.341 e. The number of nitrogens with two attached hydrogens (primary N) is 1. The zero-order chi connectivity index (χ0) is 19.7. The Labute approximate surface area is 189 Å². The molecule has 2 aliphatic heterocycles. The molecule has 0 aliphatic carbocycles. The Morgan fingerprint density at radius 1 is 1.10 bits per heavy atom. The Balaban J connectivity index is 0.00000160. The van der Waals surface area contributed by atoms with E-state index >= 15 is 0 Å². The Morgan fingerprint density at radius 3 is 2.43 bits per heavy atom. The fraction of sp³-hybridized carbons (Fsp3) is 0.409. The lowest BCUT2D eigenvalue weighted by Gasteiger charge is -2.27. The molecular formula is C22H28Cl2N4O2. The summed E-state index contributed by atoms with van der Waals surface area (Å²) in [5.41, 5.74) is 8.16. The Bertz CT molecular complexity index is 853. The van der Waals surface area contributed by atoms with Crippen LogP contribution in [0.5, 0.6) is 0 Å². The summed E-state index contributed by atoms with van der Waals surface area (Å²) in [4.78, 5) is 33.6. The van der Waals surface area contributed by atoms with Crippen LogP contribution >= 0.6 is 24.8 Å². The summed E-state index contributed by atoms with van der Waals surface area (Å²) in [6, 6.07) is 13.8. The van der Waals surface area contributed by atoms with Crippen LogP contribution in [0.4, 0.5) is 0 Å². The van der Waals surface area contributed by atoms with E-state index in [1.807, 2.05) is 35.2 Å². The quantitative estimate of drug-likeness (QED) is 0.775. The molecule has 8 heteroatoms. The minimum atomic E-state index is -0.380. The maximum absolute atomic E-state index is 13.4. The van der Waals surface area contributed by atoms with Gasteiger partial charge in [0.15, 0.2) is 0 Å². The number of amides is 2. The summed E-state index contributed by atoms with van der Waals surface area (Å²) in [5, 5.41) is 0. The van der Waals surface area contributed by atoms with Crippen LogP contribution in [0.1, 0.15) is 29.5 Å². The topological polar surface area (TPSA) is 79.5 Å². The van der Waals surface area contributed by atoms with Gasteiger partial charge in [-0.2, -0.15) is 0 Å². The Kier molecular flexibility index (Phi) is 8.24. The number of hydrogen-bond acceptors (Lipinski definition) is 4. The van der Waals surface area contributed by atoms with Crippen molar-refractivity contribution in [2.75, 3.05) is 26.7 Å². The first-order valence-corrected chi connectivity index (χ1v) is 9.79. The third-order valence-electron chi connectivity index (χ3n) is 6.21. The highest BCUT2D eigenvalue weighted by Crippen LogP contribution is 2.40. The van der Waals surface area contributed by atoms with Crippen LogP contribution in [0, 0.1) is 11.8 Å². The van der Waals surface area contributed by atoms with Gasteiger partial charge >= 0.3 is 0 Å². The van der Waals surface area contributed by atoms with Crippen LogP contribution in [0.15, 0.2) is 54.9 Å². The van der Waals surface area contributed by atoms with Gasteiger partial charge in [-0.15, -0.1) is 24.8 Å². The van der Waals surface area contributed by atoms with Gasteiger partial charge in [0.2, 0.25) is 11.8 Å². The fourth-order valence-corrected chi connectivity index (χ4v) is 4.70. The second kappa shape index (κ2) is 10.2. The molecule has 1 aromatic carbocycles. The van der Waals surface area contributed by atoms with Crippen molar-refractivity contribution in [2.24, 2.45) is 17.6 Å². The fourth-order valence-electron chi connectivity index (χ4n) is 4.70. The first-order valence-electron chi connectivity index (χ1n) is 9.79. The van der Waals surface area contributed by atoms with E-state index in [9.17, 15) is 9.59 Å². The zero-order valence-corrected chi connectivity index (χ0v) is 18.5. The minimum absolute atomic E-state index is 0. The Morgan fingerprint density at radius 2 is 1.80 bits per heavy atom. The molecule has 30 heavy (non-hydrogen) atoms. The number of benzene rings is 1. The first kappa shape index (κ1) is 24.1. The van der Waals surface area contributed by atoms with E-state index in [1.54, 1.807) is 24.3 Å². The molecule has 6 nitrogen and oxygen atoms in total. The molecule has 4 atom stereocenters. The SMILES string of the molecule is CN1C(=O)CC(C(=O)N2C[C@@H](CN)[C@H](c3ccccc3)C2)C1c1cccnc1.Cl.Cl. The van der Waals surface area contributed by atoms with E-state index in [-0.39, 0.29) is 66.8 Å². The molecule has 2 fully saturated rings. The van der Waals surface area contributed by atoms with Crippen molar-refractivity contribution in [3.63, 3.8) is 0 Å². The predicted molar refractivity (Wildman–Crippen MR) is 121 cm³/mol. The molecule has 0 spiro atoms. The highest BCUT2D eigenvalue weighted by molar-refractivity contribution is 5.90. The number of aromatic nitrogens is 1. The lowest BCUT2D eigenvalue weighted by molar-refractivity contribution is -0.135. The number of carbonyl (C=O) groups excluding carboxylic acids is 2. The number of halogens is 2. The zero-order valence-electron chi connectivity index (χ0n) is 16.9. The van der Waals surface area contributed by atoms with E-state index in [0.29, 0.717) is 19.6 Å². The van der Waals surface area contributed by atoms with Crippen LogP contribution in [-0.2, 0) is 9.59 Å². The van der Waals surface area contributed by atoms with E-state index in [0.717, 1.165) is 5.56 Å². The maximum atomic E-state index is 13.4. The third-order valence-corrected chi connectivity index (χ3v) is 6.21. The standard InChI is InChI=1S/C22H26N4O2.2ClH/c1-25-20(27)10-18(21(25)16-8-5-9-24-12-16)22(28)26-13-17(11-23)19(14-26)15-6-3-2-4-7-15;;/h2-9,12,17-19,21H,10-11,13-14,23H2,1H3;2*1H/t17-,18?,19+,21?;;/m1../s1. The van der Waals surface area contributed by atoms with Crippen molar-refractivity contribution >= 4 is 36.6 Å². The van der Waals surface area contributed by atoms with Gasteiger partial charge in [-0.25, -0.2) is 0 Å². The van der Waals surface area contributed by atoms with Crippen molar-refractivity contribution in [3.05, 3.63) is 66.0 Å². The van der Waals surface area contributed by atoms with Crippen molar-refractivity contribution in [1.82, 2.24) is 14.8 Å². The van der Waals surface area contributed by atoms with Gasteiger partial charge < -0.3 is 15.5 Å². The molecule has 2 aliphatic rings. The number of rotatable bonds is 4. The molecule has 2 unspecified atom stereocenters. The summed E-state index contributed by atoms with van der Waals surface area (Å²) in [6.45, 7) is 1.83. The van der Waals surface area contributed by atoms with Gasteiger partial charge in [-0.3, -0.25) is 14.6 Å². The van der Waals surface area contributed by atoms with Crippen LogP contribution in [0.3, 0.4) is 0 Å². The lowest BCUT2D eigenvalue weighted by atomic mass is 9.89. The van der Waals surface area contributed by atoms with Crippen LogP contribution in [0.25, 0.3) is 0 Å². The predicted octanol–water partition coefficient (Wildman–Crippen LogP) is 2.65. The van der Waals surface area contributed by atoms with Gasteiger partial charge in [-0.05, 0) is 29.7 Å². The molecule has 162 valence electrons. The molecule has 3 heterocycles. The van der Waals surface area contributed by atoms with E-state index in [4.69, 9.17) is 5.73 Å². The normalized spacial score (nSPS) is 25.6. The summed E-state index contributed by atoms with van der Waals surface area (Å²) in [7, 11) is 1.77. The van der Waals surface area contributed by atoms with Gasteiger partial charge in [0.25, 0.3) is 0 Å². The van der Waals surface area contributed by atoms with Gasteiger partial charge in [0, 0.05) is 44.9 Å². The average Bonchev–Trinajstić information content (AvgIpc) is 3.30. The number of likely N-dealkylation sites (tertiary alicyclic amines) is 2. The third kappa shape index (κ3) is 4.46. The van der Waals surface area contributed by atoms with E-state index in [1.165, 1.54) is 5.56 Å². The molecule has 2 aromatic rings. The number of nitrogens with zero attached hydrogens (tertiary/aromatic N) is 3. The molecule has 0 radical (unpaired) electrons. The van der Waals surface area contributed by atoms with Crippen molar-refractivity contribution < 1.29 is 9.59 Å². The molecular weight excluding hydrogens is 423 g/mol. The molecule has 4 rings (SSSR count). The van der Waals surface area contributed by atoms with Crippen molar-refractivity contribution in [2.45, 2.75) is 18.4 Å². The van der Waals surface area contributed by atoms with Crippen molar-refractivity contribution in [1.29, 1.82) is 0 Å². The van der Waals surface area contributed by atoms with Crippen LogP contribution < -0.4 is 5.73 Å². The maximum Gasteiger partial charge on any atom is 0.228 e. The van der Waals surface area contributed by atoms with Gasteiger partial charge in [0.05, 0.1) is 12.0 Å². The summed E-state index contributed by atoms with van der Waals surface area (Å²) >= 11 is 0. The summed E-state index contributed by atoms with van der Waals surface area (Å²) in [6.07, 6.45) is 3.70. The highest BCUT2D eigenvalue weighted by Gasteiger charge is 2.46. The van der Waals surface area contributed by atoms with E-state index in [2.05, 4.69) is 17.1 Å². The van der Waals surface area contributed by atoms with E-state index < -0.39 is 0 Å². The first-order chi connectivity index (χ1) is 13.6. The second-order valence-corrected chi connectivity index (χ2v) is 7.80. The number of hydrogen-bond donors (Lipinski definition) is 1. The van der Waals surface area contributed by atoms with Crippen LogP contribution in [0.2, 0.25) is 0 Å². The van der Waals surface area contributed by atoms with Crippen LogP contribution in [-0.4, -0.2) is 53.3 Å². The summed E-state index contributed by atoms with van der Waals surface area (Å²) < 4.78 is 0. The average molecular weight is 451 g/mol. The second-order valence-electron chi connectivity index (χ2n) is 7.80.